The van der Waals surface area contributed by atoms with Crippen LogP contribution in [0.15, 0.2) is 0 Å². The predicted octanol–water partition coefficient (Wildman–Crippen LogP) is 1.40. The van der Waals surface area contributed by atoms with E-state index in [1.54, 1.807) is 7.11 Å². The smallest absolute Gasteiger partial charge is 0.236 e. The Morgan fingerprint density at radius 2 is 2.12 bits per heavy atom. The summed E-state index contributed by atoms with van der Waals surface area (Å²) >= 11 is 0. The van der Waals surface area contributed by atoms with Gasteiger partial charge in [-0.1, -0.05) is 0 Å². The minimum atomic E-state index is -0.171. The molecule has 0 saturated carbocycles. The lowest BCUT2D eigenvalue weighted by atomic mass is 9.94. The Morgan fingerprint density at radius 1 is 1.47 bits per heavy atom. The van der Waals surface area contributed by atoms with Gasteiger partial charge in [0.2, 0.25) is 5.91 Å². The van der Waals surface area contributed by atoms with Crippen molar-refractivity contribution in [2.24, 2.45) is 0 Å². The van der Waals surface area contributed by atoms with Crippen molar-refractivity contribution >= 4 is 5.91 Å². The number of piperidine rings is 1. The van der Waals surface area contributed by atoms with Gasteiger partial charge in [-0.15, -0.1) is 0 Å². The standard InChI is InChI=1S/C13H26N2O2/c1-12(2,3)14-9-11(16)15-8-6-7-13(4,10-15)17-5/h14H,6-10H2,1-5H3. The number of hydrogen-bond donors (Lipinski definition) is 1. The number of nitrogens with one attached hydrogen (secondary N) is 1. The maximum absolute atomic E-state index is 12.1. The molecular formula is C13H26N2O2. The number of hydrogen-bond acceptors (Lipinski definition) is 3. The van der Waals surface area contributed by atoms with Gasteiger partial charge in [0, 0.05) is 25.7 Å². The van der Waals surface area contributed by atoms with Gasteiger partial charge in [-0.25, -0.2) is 0 Å². The van der Waals surface area contributed by atoms with Gasteiger partial charge in [-0.3, -0.25) is 4.79 Å². The molecule has 4 nitrogen and oxygen atoms in total. The molecule has 1 N–H and O–H groups in total. The molecule has 1 heterocycles. The van der Waals surface area contributed by atoms with Crippen LogP contribution in [-0.2, 0) is 9.53 Å². The van der Waals surface area contributed by atoms with Crippen LogP contribution in [0.1, 0.15) is 40.5 Å². The molecule has 1 unspecified atom stereocenters. The van der Waals surface area contributed by atoms with Gasteiger partial charge in [0.05, 0.1) is 12.1 Å². The molecule has 17 heavy (non-hydrogen) atoms. The van der Waals surface area contributed by atoms with Gasteiger partial charge in [-0.2, -0.15) is 0 Å². The SMILES string of the molecule is COC1(C)CCCN(C(=O)CNC(C)(C)C)C1. The van der Waals surface area contributed by atoms with Crippen molar-refractivity contribution in [3.05, 3.63) is 0 Å². The van der Waals surface area contributed by atoms with E-state index in [0.717, 1.165) is 19.4 Å². The van der Waals surface area contributed by atoms with Crippen LogP contribution in [0.3, 0.4) is 0 Å². The summed E-state index contributed by atoms with van der Waals surface area (Å²) in [7, 11) is 1.72. The Hall–Kier alpha value is -0.610. The van der Waals surface area contributed by atoms with Crippen molar-refractivity contribution in [3.63, 3.8) is 0 Å². The predicted molar refractivity (Wildman–Crippen MR) is 69.0 cm³/mol. The Morgan fingerprint density at radius 3 is 2.65 bits per heavy atom. The van der Waals surface area contributed by atoms with Crippen LogP contribution in [0.25, 0.3) is 0 Å². The summed E-state index contributed by atoms with van der Waals surface area (Å²) in [5.74, 6) is 0.169. The zero-order valence-electron chi connectivity index (χ0n) is 11.8. The summed E-state index contributed by atoms with van der Waals surface area (Å²) in [5, 5.41) is 3.23. The molecule has 0 aromatic heterocycles. The van der Waals surface area contributed by atoms with Crippen molar-refractivity contribution in [1.29, 1.82) is 0 Å². The maximum Gasteiger partial charge on any atom is 0.236 e. The van der Waals surface area contributed by atoms with Gasteiger partial charge in [0.1, 0.15) is 0 Å². The zero-order valence-corrected chi connectivity index (χ0v) is 11.8. The minimum absolute atomic E-state index is 0.0179. The van der Waals surface area contributed by atoms with E-state index in [9.17, 15) is 4.79 Å². The Kier molecular flexibility index (Phi) is 4.55. The highest BCUT2D eigenvalue weighted by Gasteiger charge is 2.32. The van der Waals surface area contributed by atoms with Crippen LogP contribution >= 0.6 is 0 Å². The van der Waals surface area contributed by atoms with Crippen LogP contribution in [0.5, 0.6) is 0 Å². The maximum atomic E-state index is 12.1. The number of amides is 1. The lowest BCUT2D eigenvalue weighted by Crippen LogP contribution is -2.53. The van der Waals surface area contributed by atoms with Gasteiger partial charge >= 0.3 is 0 Å². The molecule has 1 saturated heterocycles. The zero-order chi connectivity index (χ0) is 13.1. The Bertz CT molecular complexity index is 273. The van der Waals surface area contributed by atoms with Crippen molar-refractivity contribution in [2.75, 3.05) is 26.7 Å². The fourth-order valence-corrected chi connectivity index (χ4v) is 2.04. The molecular weight excluding hydrogens is 216 g/mol. The molecule has 0 aliphatic carbocycles. The van der Waals surface area contributed by atoms with Gasteiger partial charge in [0.25, 0.3) is 0 Å². The highest BCUT2D eigenvalue weighted by atomic mass is 16.5. The van der Waals surface area contributed by atoms with E-state index >= 15 is 0 Å². The molecule has 1 aliphatic heterocycles. The first-order valence-corrected chi connectivity index (χ1v) is 6.34. The highest BCUT2D eigenvalue weighted by Crippen LogP contribution is 2.23. The fraction of sp³-hybridized carbons (Fsp3) is 0.923. The van der Waals surface area contributed by atoms with E-state index in [-0.39, 0.29) is 17.0 Å². The van der Waals surface area contributed by atoms with Crippen molar-refractivity contribution in [1.82, 2.24) is 10.2 Å². The second-order valence-corrected chi connectivity index (χ2v) is 6.18. The van der Waals surface area contributed by atoms with Crippen molar-refractivity contribution < 1.29 is 9.53 Å². The van der Waals surface area contributed by atoms with E-state index in [1.165, 1.54) is 0 Å². The molecule has 0 spiro atoms. The van der Waals surface area contributed by atoms with Crippen LogP contribution in [0.4, 0.5) is 0 Å². The topological polar surface area (TPSA) is 41.6 Å². The average molecular weight is 242 g/mol. The van der Waals surface area contributed by atoms with Crippen LogP contribution in [0.2, 0.25) is 0 Å². The summed E-state index contributed by atoms with van der Waals surface area (Å²) in [6.07, 6.45) is 2.05. The first kappa shape index (κ1) is 14.5. The van der Waals surface area contributed by atoms with Crippen LogP contribution < -0.4 is 5.32 Å². The number of likely N-dealkylation sites (tertiary alicyclic amines) is 1. The molecule has 1 atom stereocenters. The number of ether oxygens (including phenoxy) is 1. The van der Waals surface area contributed by atoms with E-state index in [4.69, 9.17) is 4.74 Å². The third-order valence-electron chi connectivity index (χ3n) is 3.27. The van der Waals surface area contributed by atoms with E-state index in [1.807, 2.05) is 4.90 Å². The summed E-state index contributed by atoms with van der Waals surface area (Å²) in [6, 6.07) is 0. The van der Waals surface area contributed by atoms with Crippen LogP contribution in [0, 0.1) is 0 Å². The lowest BCUT2D eigenvalue weighted by Gasteiger charge is -2.39. The summed E-state index contributed by atoms with van der Waals surface area (Å²) < 4.78 is 5.49. The number of carbonyl (C=O) groups is 1. The Balaban J connectivity index is 2.47. The normalized spacial score (nSPS) is 26.1. The molecule has 100 valence electrons. The fourth-order valence-electron chi connectivity index (χ4n) is 2.04. The number of rotatable bonds is 3. The van der Waals surface area contributed by atoms with Gasteiger partial charge in [0.15, 0.2) is 0 Å². The molecule has 1 amide bonds. The van der Waals surface area contributed by atoms with E-state index < -0.39 is 0 Å². The first-order chi connectivity index (χ1) is 7.76. The quantitative estimate of drug-likeness (QED) is 0.813. The average Bonchev–Trinajstić information content (AvgIpc) is 2.25. The molecule has 0 aromatic carbocycles. The third-order valence-corrected chi connectivity index (χ3v) is 3.27. The Labute approximate surface area is 105 Å². The summed E-state index contributed by atoms with van der Waals surface area (Å²) in [6.45, 7) is 10.2. The molecule has 0 bridgehead atoms. The summed E-state index contributed by atoms with van der Waals surface area (Å²) in [4.78, 5) is 14.0. The molecule has 1 aliphatic rings. The van der Waals surface area contributed by atoms with Gasteiger partial charge < -0.3 is 15.0 Å². The minimum Gasteiger partial charge on any atom is -0.377 e. The second-order valence-electron chi connectivity index (χ2n) is 6.18. The summed E-state index contributed by atoms with van der Waals surface area (Å²) in [5.41, 5.74) is -0.189. The molecule has 0 aromatic rings. The van der Waals surface area contributed by atoms with Crippen molar-refractivity contribution in [3.8, 4) is 0 Å². The van der Waals surface area contributed by atoms with Crippen LogP contribution in [-0.4, -0.2) is 48.7 Å². The second kappa shape index (κ2) is 5.36. The third kappa shape index (κ3) is 4.64. The van der Waals surface area contributed by atoms with E-state index in [2.05, 4.69) is 33.0 Å². The lowest BCUT2D eigenvalue weighted by molar-refractivity contribution is -0.138. The number of methoxy groups -OCH3 is 1. The van der Waals surface area contributed by atoms with Gasteiger partial charge in [-0.05, 0) is 40.5 Å². The largest absolute Gasteiger partial charge is 0.377 e. The number of nitrogens with zero attached hydrogens (tertiary/aromatic N) is 1. The van der Waals surface area contributed by atoms with E-state index in [0.29, 0.717) is 13.1 Å². The monoisotopic (exact) mass is 242 g/mol. The van der Waals surface area contributed by atoms with Crippen molar-refractivity contribution in [2.45, 2.75) is 51.7 Å². The number of carbonyl (C=O) groups excluding carboxylic acids is 1. The molecule has 0 radical (unpaired) electrons. The highest BCUT2D eigenvalue weighted by molar-refractivity contribution is 5.78. The molecule has 4 heteroatoms. The first-order valence-electron chi connectivity index (χ1n) is 6.34. The molecule has 1 fully saturated rings. The molecule has 1 rings (SSSR count).